The number of rotatable bonds is 2. The van der Waals surface area contributed by atoms with Crippen LogP contribution in [0.2, 0.25) is 0 Å². The van der Waals surface area contributed by atoms with Crippen LogP contribution in [-0.4, -0.2) is 9.78 Å². The molecule has 0 aliphatic rings. The molecule has 17 heavy (non-hydrogen) atoms. The molecule has 0 saturated carbocycles. The van der Waals surface area contributed by atoms with Crippen LogP contribution in [0.5, 0.6) is 0 Å². The molecule has 0 aliphatic heterocycles. The molecule has 1 aromatic carbocycles. The highest BCUT2D eigenvalue weighted by molar-refractivity contribution is 7.17. The van der Waals surface area contributed by atoms with Crippen molar-refractivity contribution in [1.82, 2.24) is 9.78 Å². The summed E-state index contributed by atoms with van der Waals surface area (Å²) < 4.78 is 3.05. The molecule has 3 rings (SSSR count). The summed E-state index contributed by atoms with van der Waals surface area (Å²) in [4.78, 5) is 0. The fourth-order valence-corrected chi connectivity index (χ4v) is 2.99. The molecule has 4 heteroatoms. The monoisotopic (exact) mass is 243 g/mol. The summed E-state index contributed by atoms with van der Waals surface area (Å²) in [6.45, 7) is 0. The number of nitrogens with two attached hydrogens (primary N) is 1. The van der Waals surface area contributed by atoms with Gasteiger partial charge in [0.25, 0.3) is 0 Å². The number of hydrogen-bond donors (Lipinski definition) is 1. The van der Waals surface area contributed by atoms with E-state index in [-0.39, 0.29) is 6.04 Å². The molecule has 2 N–H and O–H groups in total. The zero-order valence-corrected chi connectivity index (χ0v) is 10.3. The van der Waals surface area contributed by atoms with E-state index in [1.807, 2.05) is 25.4 Å². The minimum absolute atomic E-state index is 0.146. The van der Waals surface area contributed by atoms with E-state index in [0.29, 0.717) is 0 Å². The summed E-state index contributed by atoms with van der Waals surface area (Å²) in [7, 11) is 1.90. The normalized spacial score (nSPS) is 13.1. The van der Waals surface area contributed by atoms with E-state index in [2.05, 4.69) is 28.7 Å². The van der Waals surface area contributed by atoms with Gasteiger partial charge in [0, 0.05) is 17.9 Å². The average molecular weight is 243 g/mol. The Morgan fingerprint density at radius 2 is 2.12 bits per heavy atom. The second-order valence-corrected chi connectivity index (χ2v) is 4.99. The topological polar surface area (TPSA) is 43.8 Å². The molecular weight excluding hydrogens is 230 g/mol. The number of fused-ring (bicyclic) bond motifs is 1. The van der Waals surface area contributed by atoms with Crippen molar-refractivity contribution in [2.24, 2.45) is 12.8 Å². The van der Waals surface area contributed by atoms with Crippen LogP contribution in [0.1, 0.15) is 17.3 Å². The van der Waals surface area contributed by atoms with Gasteiger partial charge in [0.05, 0.1) is 11.7 Å². The lowest BCUT2D eigenvalue weighted by Crippen LogP contribution is -2.12. The van der Waals surface area contributed by atoms with Crippen LogP contribution in [0.25, 0.3) is 10.1 Å². The van der Waals surface area contributed by atoms with Gasteiger partial charge in [-0.15, -0.1) is 11.3 Å². The highest BCUT2D eigenvalue weighted by atomic mass is 32.1. The molecule has 0 amide bonds. The highest BCUT2D eigenvalue weighted by Crippen LogP contribution is 2.31. The van der Waals surface area contributed by atoms with Crippen LogP contribution in [0.15, 0.2) is 41.9 Å². The molecule has 86 valence electrons. The van der Waals surface area contributed by atoms with E-state index in [1.165, 1.54) is 10.1 Å². The molecule has 0 radical (unpaired) electrons. The Bertz CT molecular complexity index is 653. The second kappa shape index (κ2) is 3.98. The van der Waals surface area contributed by atoms with Crippen molar-refractivity contribution in [3.05, 3.63) is 53.2 Å². The highest BCUT2D eigenvalue weighted by Gasteiger charge is 2.15. The summed E-state index contributed by atoms with van der Waals surface area (Å²) in [5, 5.41) is 7.73. The van der Waals surface area contributed by atoms with Gasteiger partial charge < -0.3 is 5.73 Å². The average Bonchev–Trinajstić information content (AvgIpc) is 2.94. The Morgan fingerprint density at radius 1 is 1.29 bits per heavy atom. The maximum absolute atomic E-state index is 6.27. The summed E-state index contributed by atoms with van der Waals surface area (Å²) in [5.41, 5.74) is 8.34. The van der Waals surface area contributed by atoms with Crippen LogP contribution in [0.3, 0.4) is 0 Å². The van der Waals surface area contributed by atoms with Crippen LogP contribution >= 0.6 is 11.3 Å². The summed E-state index contributed by atoms with van der Waals surface area (Å²) >= 11 is 1.73. The smallest absolute Gasteiger partial charge is 0.0837 e. The van der Waals surface area contributed by atoms with Gasteiger partial charge >= 0.3 is 0 Å². The first-order valence-electron chi connectivity index (χ1n) is 5.47. The third-order valence-corrected chi connectivity index (χ3v) is 3.88. The third kappa shape index (κ3) is 1.75. The SMILES string of the molecule is Cn1ccc(C(N)c2csc3ccccc23)n1. The molecule has 2 heterocycles. The molecule has 1 atom stereocenters. The minimum atomic E-state index is -0.146. The van der Waals surface area contributed by atoms with Gasteiger partial charge in [-0.05, 0) is 28.5 Å². The van der Waals surface area contributed by atoms with Crippen molar-refractivity contribution in [3.8, 4) is 0 Å². The molecule has 0 saturated heterocycles. The van der Waals surface area contributed by atoms with Gasteiger partial charge in [-0.2, -0.15) is 5.10 Å². The number of aromatic nitrogens is 2. The molecule has 3 nitrogen and oxygen atoms in total. The van der Waals surface area contributed by atoms with Gasteiger partial charge in [0.2, 0.25) is 0 Å². The Labute approximate surface area is 103 Å². The van der Waals surface area contributed by atoms with Crippen LogP contribution in [-0.2, 0) is 7.05 Å². The molecule has 0 bridgehead atoms. The Balaban J connectivity index is 2.09. The lowest BCUT2D eigenvalue weighted by atomic mass is 10.0. The standard InChI is InChI=1S/C13H13N3S/c1-16-7-6-11(15-16)13(14)10-8-17-12-5-3-2-4-9(10)12/h2-8,13H,14H2,1H3. The maximum atomic E-state index is 6.27. The van der Waals surface area contributed by atoms with Gasteiger partial charge in [-0.3, -0.25) is 4.68 Å². The van der Waals surface area contributed by atoms with Crippen LogP contribution in [0, 0.1) is 0 Å². The molecule has 2 aromatic heterocycles. The maximum Gasteiger partial charge on any atom is 0.0837 e. The van der Waals surface area contributed by atoms with Gasteiger partial charge in [-0.1, -0.05) is 18.2 Å². The molecule has 0 fully saturated rings. The lowest BCUT2D eigenvalue weighted by molar-refractivity contribution is 0.718. The number of nitrogens with zero attached hydrogens (tertiary/aromatic N) is 2. The largest absolute Gasteiger partial charge is 0.319 e. The van der Waals surface area contributed by atoms with Crippen molar-refractivity contribution in [1.29, 1.82) is 0 Å². The van der Waals surface area contributed by atoms with Crippen molar-refractivity contribution < 1.29 is 0 Å². The van der Waals surface area contributed by atoms with Crippen LogP contribution in [0.4, 0.5) is 0 Å². The quantitative estimate of drug-likeness (QED) is 0.752. The Morgan fingerprint density at radius 3 is 2.88 bits per heavy atom. The second-order valence-electron chi connectivity index (χ2n) is 4.08. The molecule has 1 unspecified atom stereocenters. The first-order chi connectivity index (χ1) is 8.25. The Kier molecular flexibility index (Phi) is 2.46. The fraction of sp³-hybridized carbons (Fsp3) is 0.154. The van der Waals surface area contributed by atoms with E-state index in [4.69, 9.17) is 5.73 Å². The van der Waals surface area contributed by atoms with Gasteiger partial charge in [0.15, 0.2) is 0 Å². The van der Waals surface area contributed by atoms with Crippen LogP contribution < -0.4 is 5.73 Å². The number of aryl methyl sites for hydroxylation is 1. The van der Waals surface area contributed by atoms with Crippen molar-refractivity contribution in [2.75, 3.05) is 0 Å². The minimum Gasteiger partial charge on any atom is -0.319 e. The van der Waals surface area contributed by atoms with Gasteiger partial charge in [0.1, 0.15) is 0 Å². The number of benzene rings is 1. The van der Waals surface area contributed by atoms with E-state index in [9.17, 15) is 0 Å². The Hall–Kier alpha value is -1.65. The van der Waals surface area contributed by atoms with Gasteiger partial charge in [-0.25, -0.2) is 0 Å². The zero-order valence-electron chi connectivity index (χ0n) is 9.50. The van der Waals surface area contributed by atoms with E-state index in [1.54, 1.807) is 16.0 Å². The van der Waals surface area contributed by atoms with E-state index >= 15 is 0 Å². The summed E-state index contributed by atoms with van der Waals surface area (Å²) in [5.74, 6) is 0. The zero-order chi connectivity index (χ0) is 11.8. The third-order valence-electron chi connectivity index (χ3n) is 2.90. The number of thiophene rings is 1. The fourth-order valence-electron chi connectivity index (χ4n) is 2.00. The molecule has 3 aromatic rings. The summed E-state index contributed by atoms with van der Waals surface area (Å²) in [6.07, 6.45) is 1.92. The first kappa shape index (κ1) is 10.5. The van der Waals surface area contributed by atoms with E-state index < -0.39 is 0 Å². The van der Waals surface area contributed by atoms with Crippen molar-refractivity contribution in [3.63, 3.8) is 0 Å². The number of hydrogen-bond acceptors (Lipinski definition) is 3. The first-order valence-corrected chi connectivity index (χ1v) is 6.35. The van der Waals surface area contributed by atoms with E-state index in [0.717, 1.165) is 11.3 Å². The predicted molar refractivity (Wildman–Crippen MR) is 71.1 cm³/mol. The molecule has 0 spiro atoms. The molecule has 0 aliphatic carbocycles. The molecular formula is C13H13N3S. The van der Waals surface area contributed by atoms with Crippen molar-refractivity contribution >= 4 is 21.4 Å². The lowest BCUT2D eigenvalue weighted by Gasteiger charge is -2.07. The summed E-state index contributed by atoms with van der Waals surface area (Å²) in [6, 6.07) is 10.2. The predicted octanol–water partition coefficient (Wildman–Crippen LogP) is 2.68. The van der Waals surface area contributed by atoms with Crippen molar-refractivity contribution in [2.45, 2.75) is 6.04 Å².